The number of nitrogens with zero attached hydrogens (tertiary/aromatic N) is 2. The molecule has 0 fully saturated rings. The van der Waals surface area contributed by atoms with Gasteiger partial charge in [0, 0.05) is 5.56 Å². The van der Waals surface area contributed by atoms with Crippen LogP contribution >= 0.6 is 0 Å². The van der Waals surface area contributed by atoms with Gasteiger partial charge in [-0.1, -0.05) is 60.7 Å². The lowest BCUT2D eigenvalue weighted by atomic mass is 10.2. The van der Waals surface area contributed by atoms with Crippen molar-refractivity contribution in [2.24, 2.45) is 4.99 Å². The summed E-state index contributed by atoms with van der Waals surface area (Å²) in [6, 6.07) is 19.4. The smallest absolute Gasteiger partial charge is 0.310 e. The third-order valence-electron chi connectivity index (χ3n) is 3.04. The predicted octanol–water partition coefficient (Wildman–Crippen LogP) is 2.14. The Bertz CT molecular complexity index is 652. The summed E-state index contributed by atoms with van der Waals surface area (Å²) in [4.78, 5) is 14.7. The maximum atomic E-state index is 11.0. The van der Waals surface area contributed by atoms with E-state index < -0.39 is 4.92 Å². The van der Waals surface area contributed by atoms with Crippen LogP contribution in [0, 0.1) is 10.1 Å². The Kier molecular flexibility index (Phi) is 6.02. The van der Waals surface area contributed by atoms with Gasteiger partial charge in [0.1, 0.15) is 12.8 Å². The molecule has 0 aliphatic rings. The number of aliphatic imine (C=N–C) groups is 1. The van der Waals surface area contributed by atoms with Crippen LogP contribution < -0.4 is 5.32 Å². The standard InChI is InChI=1S/C17H17N3O2/c21-20(22)17(13-18-11-15-7-3-1-4-8-15)14-19-12-16-9-5-2-6-10-16/h1-10,13-14,18H,11-12H2/p+1/b17-13-,19-14?. The van der Waals surface area contributed by atoms with Gasteiger partial charge in [-0.3, -0.25) is 15.1 Å². The van der Waals surface area contributed by atoms with Gasteiger partial charge in [-0.15, -0.1) is 0 Å². The molecule has 0 amide bonds. The Hall–Kier alpha value is -2.79. The van der Waals surface area contributed by atoms with Gasteiger partial charge in [0.15, 0.2) is 6.20 Å². The molecule has 5 nitrogen and oxygen atoms in total. The van der Waals surface area contributed by atoms with E-state index in [0.29, 0.717) is 13.1 Å². The lowest BCUT2D eigenvalue weighted by Gasteiger charge is -1.96. The van der Waals surface area contributed by atoms with Crippen molar-refractivity contribution in [2.75, 3.05) is 0 Å². The highest BCUT2D eigenvalue weighted by Gasteiger charge is 2.08. The number of hydrogen-bond donors (Lipinski definition) is 1. The van der Waals surface area contributed by atoms with Crippen molar-refractivity contribution in [1.82, 2.24) is 0 Å². The molecule has 5 heteroatoms. The first-order valence-corrected chi connectivity index (χ1v) is 7.01. The number of quaternary nitrogens is 1. The monoisotopic (exact) mass is 296 g/mol. The van der Waals surface area contributed by atoms with Crippen molar-refractivity contribution in [3.8, 4) is 0 Å². The van der Waals surface area contributed by atoms with Gasteiger partial charge in [0.05, 0.1) is 11.5 Å². The average molecular weight is 296 g/mol. The first-order valence-electron chi connectivity index (χ1n) is 7.01. The molecule has 0 aliphatic carbocycles. The topological polar surface area (TPSA) is 72.1 Å². The van der Waals surface area contributed by atoms with Gasteiger partial charge < -0.3 is 5.32 Å². The van der Waals surface area contributed by atoms with Crippen LogP contribution in [0.15, 0.2) is 77.6 Å². The van der Waals surface area contributed by atoms with E-state index in [1.165, 1.54) is 12.4 Å². The summed E-state index contributed by atoms with van der Waals surface area (Å²) in [6.07, 6.45) is 2.82. The maximum Gasteiger partial charge on any atom is 0.339 e. The van der Waals surface area contributed by atoms with Crippen molar-refractivity contribution in [3.63, 3.8) is 0 Å². The van der Waals surface area contributed by atoms with E-state index in [1.807, 2.05) is 60.7 Å². The van der Waals surface area contributed by atoms with Crippen LogP contribution in [0.3, 0.4) is 0 Å². The van der Waals surface area contributed by atoms with Crippen molar-refractivity contribution >= 4 is 6.21 Å². The molecular formula is C17H18N3O2+. The second kappa shape index (κ2) is 8.49. The molecule has 0 atom stereocenters. The Morgan fingerprint density at radius 1 is 1.05 bits per heavy atom. The van der Waals surface area contributed by atoms with Crippen molar-refractivity contribution in [2.45, 2.75) is 13.1 Å². The number of allylic oxidation sites excluding steroid dienone is 1. The Labute approximate surface area is 129 Å². The lowest BCUT2D eigenvalue weighted by molar-refractivity contribution is -0.611. The highest BCUT2D eigenvalue weighted by Crippen LogP contribution is 2.00. The summed E-state index contributed by atoms with van der Waals surface area (Å²) in [5, 5.41) is 12.8. The van der Waals surface area contributed by atoms with Crippen LogP contribution in [0.1, 0.15) is 11.1 Å². The molecule has 2 N–H and O–H groups in total. The van der Waals surface area contributed by atoms with Crippen LogP contribution in [0.25, 0.3) is 0 Å². The fourth-order valence-corrected chi connectivity index (χ4v) is 1.91. The molecule has 0 saturated carbocycles. The van der Waals surface area contributed by atoms with Crippen molar-refractivity contribution < 1.29 is 10.2 Å². The Morgan fingerprint density at radius 3 is 2.23 bits per heavy atom. The largest absolute Gasteiger partial charge is 0.339 e. The van der Waals surface area contributed by atoms with E-state index in [4.69, 9.17) is 0 Å². The SMILES string of the molecule is O=[N+]([O-])/C(C=NCc1ccccc1)=C\[NH2+]Cc1ccccc1. The van der Waals surface area contributed by atoms with Crippen LogP contribution in [-0.4, -0.2) is 11.1 Å². The average Bonchev–Trinajstić information content (AvgIpc) is 2.55. The summed E-state index contributed by atoms with van der Waals surface area (Å²) >= 11 is 0. The highest BCUT2D eigenvalue weighted by molar-refractivity contribution is 5.74. The molecule has 2 aromatic carbocycles. The van der Waals surface area contributed by atoms with Gasteiger partial charge in [-0.05, 0) is 5.56 Å². The molecule has 0 radical (unpaired) electrons. The molecule has 0 unspecified atom stereocenters. The van der Waals surface area contributed by atoms with Crippen LogP contribution in [0.5, 0.6) is 0 Å². The zero-order valence-electron chi connectivity index (χ0n) is 12.1. The van der Waals surface area contributed by atoms with Gasteiger partial charge in [-0.25, -0.2) is 0 Å². The normalized spacial score (nSPS) is 11.7. The molecule has 0 aliphatic heterocycles. The van der Waals surface area contributed by atoms with Crippen LogP contribution in [0.2, 0.25) is 0 Å². The molecule has 0 heterocycles. The van der Waals surface area contributed by atoms with E-state index in [1.54, 1.807) is 5.32 Å². The second-order valence-electron chi connectivity index (χ2n) is 4.73. The molecule has 0 spiro atoms. The van der Waals surface area contributed by atoms with E-state index in [2.05, 4.69) is 4.99 Å². The van der Waals surface area contributed by atoms with Gasteiger partial charge in [0.25, 0.3) is 0 Å². The molecule has 22 heavy (non-hydrogen) atoms. The first kappa shape index (κ1) is 15.6. The van der Waals surface area contributed by atoms with Crippen LogP contribution in [-0.2, 0) is 13.1 Å². The van der Waals surface area contributed by atoms with E-state index >= 15 is 0 Å². The third kappa shape index (κ3) is 5.30. The molecule has 0 bridgehead atoms. The summed E-state index contributed by atoms with van der Waals surface area (Å²) in [5.41, 5.74) is 2.13. The molecular weight excluding hydrogens is 278 g/mol. The number of hydrogen-bond acceptors (Lipinski definition) is 3. The minimum Gasteiger partial charge on any atom is -0.310 e. The number of nitro groups is 1. The third-order valence-corrected chi connectivity index (χ3v) is 3.04. The fourth-order valence-electron chi connectivity index (χ4n) is 1.91. The molecule has 2 rings (SSSR count). The second-order valence-corrected chi connectivity index (χ2v) is 4.73. The molecule has 0 aromatic heterocycles. The molecule has 0 saturated heterocycles. The predicted molar refractivity (Wildman–Crippen MR) is 85.8 cm³/mol. The molecule has 2 aromatic rings. The van der Waals surface area contributed by atoms with Crippen molar-refractivity contribution in [1.29, 1.82) is 0 Å². The maximum absolute atomic E-state index is 11.0. The minimum atomic E-state index is -0.421. The van der Waals surface area contributed by atoms with Gasteiger partial charge in [0.2, 0.25) is 0 Å². The summed E-state index contributed by atoms with van der Waals surface area (Å²) < 4.78 is 0. The Morgan fingerprint density at radius 2 is 1.64 bits per heavy atom. The Balaban J connectivity index is 1.91. The van der Waals surface area contributed by atoms with E-state index in [9.17, 15) is 10.1 Å². The van der Waals surface area contributed by atoms with E-state index in [-0.39, 0.29) is 5.70 Å². The zero-order chi connectivity index (χ0) is 15.6. The van der Waals surface area contributed by atoms with Crippen LogP contribution in [0.4, 0.5) is 0 Å². The number of nitrogens with two attached hydrogens (primary N) is 1. The zero-order valence-corrected chi connectivity index (χ0v) is 12.1. The molecule has 112 valence electrons. The first-order chi connectivity index (χ1) is 10.8. The summed E-state index contributed by atoms with van der Waals surface area (Å²) in [6.45, 7) is 1.09. The van der Waals surface area contributed by atoms with E-state index in [0.717, 1.165) is 11.1 Å². The summed E-state index contributed by atoms with van der Waals surface area (Å²) in [5.74, 6) is 0. The quantitative estimate of drug-likeness (QED) is 0.483. The number of rotatable bonds is 7. The highest BCUT2D eigenvalue weighted by atomic mass is 16.6. The van der Waals surface area contributed by atoms with Crippen molar-refractivity contribution in [3.05, 3.63) is 93.8 Å². The summed E-state index contributed by atoms with van der Waals surface area (Å²) in [7, 11) is 0. The van der Waals surface area contributed by atoms with Gasteiger partial charge >= 0.3 is 5.70 Å². The number of benzene rings is 2. The minimum absolute atomic E-state index is 0.00753. The lowest BCUT2D eigenvalue weighted by Crippen LogP contribution is -2.76. The van der Waals surface area contributed by atoms with Gasteiger partial charge in [-0.2, -0.15) is 0 Å². The fraction of sp³-hybridized carbons (Fsp3) is 0.118.